The zero-order chi connectivity index (χ0) is 19.2. The van der Waals surface area contributed by atoms with Gasteiger partial charge in [0.05, 0.1) is 13.2 Å². The average molecular weight is 362 g/mol. The molecule has 138 valence electrons. The average Bonchev–Trinajstić information content (AvgIpc) is 2.68. The van der Waals surface area contributed by atoms with Crippen LogP contribution in [-0.4, -0.2) is 23.0 Å². The Hall–Kier alpha value is -3.41. The molecule has 6 heteroatoms. The number of carbonyl (C=O) groups excluding carboxylic acids is 1. The van der Waals surface area contributed by atoms with Crippen LogP contribution in [0.5, 0.6) is 5.75 Å². The van der Waals surface area contributed by atoms with Gasteiger partial charge in [0.1, 0.15) is 23.1 Å². The van der Waals surface area contributed by atoms with Crippen molar-refractivity contribution >= 4 is 17.4 Å². The van der Waals surface area contributed by atoms with Crippen LogP contribution < -0.4 is 15.4 Å². The highest BCUT2D eigenvalue weighted by Gasteiger charge is 2.14. The molecule has 6 nitrogen and oxygen atoms in total. The molecule has 0 aliphatic carbocycles. The van der Waals surface area contributed by atoms with Gasteiger partial charge in [0.25, 0.3) is 5.91 Å². The second-order valence-electron chi connectivity index (χ2n) is 6.14. The summed E-state index contributed by atoms with van der Waals surface area (Å²) in [4.78, 5) is 21.2. The Morgan fingerprint density at radius 2 is 1.74 bits per heavy atom. The number of hydrogen-bond acceptors (Lipinski definition) is 5. The van der Waals surface area contributed by atoms with Crippen molar-refractivity contribution in [3.8, 4) is 5.75 Å². The third kappa shape index (κ3) is 4.82. The van der Waals surface area contributed by atoms with Crippen molar-refractivity contribution in [3.63, 3.8) is 0 Å². The maximum Gasteiger partial charge on any atom is 0.270 e. The molecule has 1 aromatic heterocycles. The van der Waals surface area contributed by atoms with Gasteiger partial charge in [0, 0.05) is 11.8 Å². The minimum absolute atomic E-state index is 0.119. The molecular formula is C21H22N4O2. The number of ether oxygens (including phenoxy) is 1. The molecule has 27 heavy (non-hydrogen) atoms. The predicted molar refractivity (Wildman–Crippen MR) is 105 cm³/mol. The molecule has 0 aliphatic rings. The van der Waals surface area contributed by atoms with Crippen molar-refractivity contribution < 1.29 is 9.53 Å². The third-order valence-electron chi connectivity index (χ3n) is 4.08. The van der Waals surface area contributed by atoms with Crippen LogP contribution in [0.15, 0.2) is 60.7 Å². The van der Waals surface area contributed by atoms with Gasteiger partial charge in [0.2, 0.25) is 0 Å². The highest BCUT2D eigenvalue weighted by molar-refractivity contribution is 5.93. The number of benzene rings is 2. The molecule has 3 rings (SSSR count). The lowest BCUT2D eigenvalue weighted by Crippen LogP contribution is -2.27. The number of aryl methyl sites for hydroxylation is 1. The normalized spacial score (nSPS) is 11.5. The predicted octanol–water partition coefficient (Wildman–Crippen LogP) is 4.03. The molecule has 1 heterocycles. The molecule has 0 saturated carbocycles. The van der Waals surface area contributed by atoms with Crippen LogP contribution >= 0.6 is 0 Å². The summed E-state index contributed by atoms with van der Waals surface area (Å²) in [6, 6.07) is 18.8. The van der Waals surface area contributed by atoms with Gasteiger partial charge in [-0.15, -0.1) is 0 Å². The Kier molecular flexibility index (Phi) is 5.66. The highest BCUT2D eigenvalue weighted by Crippen LogP contribution is 2.19. The summed E-state index contributed by atoms with van der Waals surface area (Å²) >= 11 is 0. The van der Waals surface area contributed by atoms with Gasteiger partial charge >= 0.3 is 0 Å². The first-order chi connectivity index (χ1) is 13.0. The van der Waals surface area contributed by atoms with Gasteiger partial charge in [-0.2, -0.15) is 0 Å². The molecule has 0 aliphatic heterocycles. The number of nitrogens with zero attached hydrogens (tertiary/aromatic N) is 2. The quantitative estimate of drug-likeness (QED) is 0.692. The molecule has 0 bridgehead atoms. The van der Waals surface area contributed by atoms with E-state index in [1.54, 1.807) is 20.1 Å². The van der Waals surface area contributed by atoms with Crippen molar-refractivity contribution in [3.05, 3.63) is 77.7 Å². The zero-order valence-electron chi connectivity index (χ0n) is 15.6. The van der Waals surface area contributed by atoms with E-state index in [-0.39, 0.29) is 11.9 Å². The van der Waals surface area contributed by atoms with Crippen LogP contribution in [0.25, 0.3) is 0 Å². The smallest absolute Gasteiger partial charge is 0.270 e. The van der Waals surface area contributed by atoms with Crippen LogP contribution in [0.3, 0.4) is 0 Å². The van der Waals surface area contributed by atoms with Crippen molar-refractivity contribution in [2.75, 3.05) is 12.4 Å². The Balaban J connectivity index is 1.74. The van der Waals surface area contributed by atoms with Crippen molar-refractivity contribution in [2.45, 2.75) is 19.9 Å². The van der Waals surface area contributed by atoms with Gasteiger partial charge in [0.15, 0.2) is 0 Å². The summed E-state index contributed by atoms with van der Waals surface area (Å²) < 4.78 is 5.16. The molecule has 0 spiro atoms. The van der Waals surface area contributed by atoms with Crippen molar-refractivity contribution in [2.24, 2.45) is 0 Å². The Bertz CT molecular complexity index is 911. The van der Waals surface area contributed by atoms with Crippen LogP contribution in [0.1, 0.15) is 34.8 Å². The summed E-state index contributed by atoms with van der Waals surface area (Å²) in [6.45, 7) is 3.70. The van der Waals surface area contributed by atoms with E-state index in [0.717, 1.165) is 17.0 Å². The Labute approximate surface area is 158 Å². The standard InChI is InChI=1S/C21H22N4O2/c1-14(16-7-5-4-6-8-16)22-21(26)19-13-20(24-15(2)23-19)25-17-9-11-18(27-3)12-10-17/h4-14H,1-3H3,(H,22,26)(H,23,24,25). The topological polar surface area (TPSA) is 76.1 Å². The number of anilines is 2. The summed E-state index contributed by atoms with van der Waals surface area (Å²) in [6.07, 6.45) is 0. The van der Waals surface area contributed by atoms with E-state index in [1.807, 2.05) is 61.5 Å². The van der Waals surface area contributed by atoms with Crippen molar-refractivity contribution in [1.82, 2.24) is 15.3 Å². The largest absolute Gasteiger partial charge is 0.497 e. The number of carbonyl (C=O) groups is 1. The maximum absolute atomic E-state index is 12.6. The first kappa shape index (κ1) is 18.4. The molecular weight excluding hydrogens is 340 g/mol. The second-order valence-corrected chi connectivity index (χ2v) is 6.14. The van der Waals surface area contributed by atoms with Gasteiger partial charge in [-0.3, -0.25) is 4.79 Å². The third-order valence-corrected chi connectivity index (χ3v) is 4.08. The van der Waals surface area contributed by atoms with E-state index in [0.29, 0.717) is 17.3 Å². The molecule has 0 saturated heterocycles. The summed E-state index contributed by atoms with van der Waals surface area (Å²) in [7, 11) is 1.62. The molecule has 0 radical (unpaired) electrons. The summed E-state index contributed by atoms with van der Waals surface area (Å²) in [5, 5.41) is 6.16. The Morgan fingerprint density at radius 1 is 1.04 bits per heavy atom. The molecule has 2 aromatic carbocycles. The minimum Gasteiger partial charge on any atom is -0.497 e. The summed E-state index contributed by atoms with van der Waals surface area (Å²) in [5.74, 6) is 1.61. The highest BCUT2D eigenvalue weighted by atomic mass is 16.5. The first-order valence-corrected chi connectivity index (χ1v) is 8.68. The minimum atomic E-state index is -0.241. The fraction of sp³-hybridized carbons (Fsp3) is 0.190. The van der Waals surface area contributed by atoms with E-state index < -0.39 is 0 Å². The molecule has 3 aromatic rings. The summed E-state index contributed by atoms with van der Waals surface area (Å²) in [5.41, 5.74) is 2.20. The van der Waals surface area contributed by atoms with Crippen LogP contribution in [0.4, 0.5) is 11.5 Å². The fourth-order valence-electron chi connectivity index (χ4n) is 2.67. The monoisotopic (exact) mass is 362 g/mol. The lowest BCUT2D eigenvalue weighted by atomic mass is 10.1. The van der Waals surface area contributed by atoms with Gasteiger partial charge in [-0.1, -0.05) is 30.3 Å². The van der Waals surface area contributed by atoms with Gasteiger partial charge in [-0.25, -0.2) is 9.97 Å². The van der Waals surface area contributed by atoms with Crippen LogP contribution in [0.2, 0.25) is 0 Å². The number of aromatic nitrogens is 2. The maximum atomic E-state index is 12.6. The molecule has 1 unspecified atom stereocenters. The number of amides is 1. The van der Waals surface area contributed by atoms with Crippen LogP contribution in [0, 0.1) is 6.92 Å². The number of methoxy groups -OCH3 is 1. The number of nitrogens with one attached hydrogen (secondary N) is 2. The van der Waals surface area contributed by atoms with E-state index in [1.165, 1.54) is 0 Å². The fourth-order valence-corrected chi connectivity index (χ4v) is 2.67. The van der Waals surface area contributed by atoms with Gasteiger partial charge in [-0.05, 0) is 43.7 Å². The van der Waals surface area contributed by atoms with Crippen molar-refractivity contribution in [1.29, 1.82) is 0 Å². The van der Waals surface area contributed by atoms with Gasteiger partial charge < -0.3 is 15.4 Å². The molecule has 0 fully saturated rings. The lowest BCUT2D eigenvalue weighted by molar-refractivity contribution is 0.0934. The first-order valence-electron chi connectivity index (χ1n) is 8.68. The van der Waals surface area contributed by atoms with Crippen LogP contribution in [-0.2, 0) is 0 Å². The second kappa shape index (κ2) is 8.31. The molecule has 2 N–H and O–H groups in total. The zero-order valence-corrected chi connectivity index (χ0v) is 15.6. The SMILES string of the molecule is COc1ccc(Nc2cc(C(=O)NC(C)c3ccccc3)nc(C)n2)cc1. The van der Waals surface area contributed by atoms with E-state index >= 15 is 0 Å². The molecule has 1 amide bonds. The molecule has 1 atom stereocenters. The number of hydrogen-bond donors (Lipinski definition) is 2. The Morgan fingerprint density at radius 3 is 2.41 bits per heavy atom. The van der Waals surface area contributed by atoms with E-state index in [9.17, 15) is 4.79 Å². The van der Waals surface area contributed by atoms with E-state index in [4.69, 9.17) is 4.74 Å². The number of rotatable bonds is 6. The van der Waals surface area contributed by atoms with E-state index in [2.05, 4.69) is 20.6 Å². The lowest BCUT2D eigenvalue weighted by Gasteiger charge is -2.15.